The zero-order chi connectivity index (χ0) is 77.2. The molecule has 570 valence electrons. The fraction of sp³-hybridized carbons (Fsp3) is 0.416. The normalized spacial score (nSPS) is 17.6. The van der Waals surface area contributed by atoms with Gasteiger partial charge in [-0.05, 0) is 111 Å². The number of nitrogens with one attached hydrogen (secondary N) is 3. The number of aromatic nitrogens is 9. The third kappa shape index (κ3) is 19.9. The molecule has 0 spiro atoms. The number of cyclic esters (lactones) is 2. The van der Waals surface area contributed by atoms with E-state index in [2.05, 4.69) is 30.9 Å². The van der Waals surface area contributed by atoms with E-state index in [0.717, 1.165) is 41.1 Å². The number of ether oxygens (including phenoxy) is 2. The number of halogens is 7. The van der Waals surface area contributed by atoms with Gasteiger partial charge in [0, 0.05) is 130 Å². The Labute approximate surface area is 613 Å². The molecule has 9 N–H and O–H groups in total. The van der Waals surface area contributed by atoms with E-state index >= 15 is 0 Å². The van der Waals surface area contributed by atoms with Gasteiger partial charge < -0.3 is 69.8 Å². The van der Waals surface area contributed by atoms with Crippen molar-refractivity contribution in [1.82, 2.24) is 43.6 Å². The van der Waals surface area contributed by atoms with Gasteiger partial charge >= 0.3 is 30.3 Å². The van der Waals surface area contributed by atoms with Gasteiger partial charge in [-0.3, -0.25) is 14.4 Å². The number of imidazole rings is 3. The fourth-order valence-electron chi connectivity index (χ4n) is 13.2. The Balaban J connectivity index is 0.000000172. The van der Waals surface area contributed by atoms with Gasteiger partial charge in [-0.2, -0.15) is 26.3 Å². The van der Waals surface area contributed by atoms with Gasteiger partial charge in [0.05, 0.1) is 89.0 Å². The molecule has 1 saturated carbocycles. The summed E-state index contributed by atoms with van der Waals surface area (Å²) in [6.07, 6.45) is -6.57. The molecule has 0 unspecified atom stereocenters. The van der Waals surface area contributed by atoms with Crippen LogP contribution in [0, 0.1) is 5.82 Å². The minimum absolute atomic E-state index is 0.00734. The molecule has 8 heterocycles. The number of carbonyl (C=O) groups is 3. The summed E-state index contributed by atoms with van der Waals surface area (Å²) in [5, 5.41) is 69.2. The average Bonchev–Trinajstić information content (AvgIpc) is 1.71. The number of aliphatic hydroxyl groups is 5. The summed E-state index contributed by atoms with van der Waals surface area (Å²) in [5.74, 6) is 1.17. The van der Waals surface area contributed by atoms with Crippen LogP contribution in [-0.4, -0.2) is 150 Å². The quantitative estimate of drug-likeness (QED) is 0.0190. The van der Waals surface area contributed by atoms with E-state index in [-0.39, 0.29) is 49.9 Å². The van der Waals surface area contributed by atoms with Gasteiger partial charge in [-0.1, -0.05) is 52.0 Å². The number of aliphatic hydroxyl groups excluding tert-OH is 4. The molecule has 12 rings (SSSR count). The third-order valence-electron chi connectivity index (χ3n) is 18.5. The monoisotopic (exact) mass is 1490 g/mol. The number of nitrogens with zero attached hydrogens (tertiary/aromatic N) is 9. The van der Waals surface area contributed by atoms with E-state index in [9.17, 15) is 70.6 Å². The molecule has 3 aliphatic rings. The number of rotatable bonds is 25. The lowest BCUT2D eigenvalue weighted by molar-refractivity contribution is -0.161. The maximum absolute atomic E-state index is 13.7. The van der Waals surface area contributed by atoms with Crippen molar-refractivity contribution in [3.63, 3.8) is 0 Å². The molecule has 6 aromatic heterocycles. The van der Waals surface area contributed by atoms with Crippen molar-refractivity contribution in [3.8, 4) is 67.5 Å². The van der Waals surface area contributed by atoms with Crippen molar-refractivity contribution in [2.24, 2.45) is 0 Å². The lowest BCUT2D eigenvalue weighted by atomic mass is 10.0. The van der Waals surface area contributed by atoms with Crippen molar-refractivity contribution in [3.05, 3.63) is 162 Å². The smallest absolute Gasteiger partial charge is 0.416 e. The molecule has 2 saturated heterocycles. The van der Waals surface area contributed by atoms with Crippen molar-refractivity contribution in [1.29, 1.82) is 0 Å². The van der Waals surface area contributed by atoms with Gasteiger partial charge in [-0.15, -0.1) is 0 Å². The van der Waals surface area contributed by atoms with Crippen LogP contribution in [0.1, 0.15) is 139 Å². The average molecular weight is 1490 g/mol. The lowest BCUT2D eigenvalue weighted by Gasteiger charge is -2.26. The molecular formula is C77H87F7N12O11. The minimum Gasteiger partial charge on any atom is -0.481 e. The summed E-state index contributed by atoms with van der Waals surface area (Å²) in [4.78, 5) is 61.8. The van der Waals surface area contributed by atoms with E-state index in [1.165, 1.54) is 24.3 Å². The summed E-state index contributed by atoms with van der Waals surface area (Å²) in [6.45, 7) is 8.71. The first-order valence-corrected chi connectivity index (χ1v) is 35.2. The number of carboxylic acids is 1. The van der Waals surface area contributed by atoms with Gasteiger partial charge in [0.1, 0.15) is 58.6 Å². The van der Waals surface area contributed by atoms with Gasteiger partial charge in [-0.25, -0.2) is 34.3 Å². The lowest BCUT2D eigenvalue weighted by Crippen LogP contribution is -2.33. The number of esters is 2. The highest BCUT2D eigenvalue weighted by atomic mass is 19.4. The predicted molar refractivity (Wildman–Crippen MR) is 386 cm³/mol. The molecule has 107 heavy (non-hydrogen) atoms. The Morgan fingerprint density at radius 1 is 0.561 bits per heavy atom. The Morgan fingerprint density at radius 3 is 1.36 bits per heavy atom. The predicted octanol–water partition coefficient (Wildman–Crippen LogP) is 13.3. The molecular weight excluding hydrogens is 1400 g/mol. The number of carbonyl (C=O) groups excluding carboxylic acids is 2. The Kier molecular flexibility index (Phi) is 25.4. The topological polar surface area (TPSA) is 319 Å². The number of hydrogen-bond donors (Lipinski definition) is 9. The van der Waals surface area contributed by atoms with E-state index in [4.69, 9.17) is 29.5 Å². The summed E-state index contributed by atoms with van der Waals surface area (Å²) in [7, 11) is 5.22. The van der Waals surface area contributed by atoms with Crippen LogP contribution in [0.2, 0.25) is 0 Å². The molecule has 9 aromatic rings. The summed E-state index contributed by atoms with van der Waals surface area (Å²) in [5.41, 5.74) is 4.45. The molecule has 6 atom stereocenters. The number of aliphatic carboxylic acids is 1. The molecule has 30 heteroatoms. The molecule has 3 fully saturated rings. The second-order valence-corrected chi connectivity index (χ2v) is 27.4. The molecule has 3 aromatic carbocycles. The molecule has 2 aliphatic heterocycles. The zero-order valence-corrected chi connectivity index (χ0v) is 60.0. The Hall–Kier alpha value is -10.1. The highest BCUT2D eigenvalue weighted by Gasteiger charge is 2.48. The van der Waals surface area contributed by atoms with Gasteiger partial charge in [0.25, 0.3) is 0 Å². The van der Waals surface area contributed by atoms with Crippen LogP contribution in [0.15, 0.2) is 128 Å². The van der Waals surface area contributed by atoms with E-state index < -0.39 is 90.0 Å². The molecule has 0 bridgehead atoms. The molecule has 23 nitrogen and oxygen atoms in total. The van der Waals surface area contributed by atoms with Crippen LogP contribution < -0.4 is 16.0 Å². The second kappa shape index (κ2) is 34.2. The molecule has 0 amide bonds. The number of alkyl halides is 6. The summed E-state index contributed by atoms with van der Waals surface area (Å²) in [6, 6.07) is 27.2. The minimum atomic E-state index is -4.53. The van der Waals surface area contributed by atoms with Crippen molar-refractivity contribution in [2.75, 3.05) is 37.1 Å². The first-order valence-electron chi connectivity index (χ1n) is 35.2. The largest absolute Gasteiger partial charge is 0.481 e. The van der Waals surface area contributed by atoms with Crippen LogP contribution in [0.3, 0.4) is 0 Å². The fourth-order valence-corrected chi connectivity index (χ4v) is 13.2. The van der Waals surface area contributed by atoms with Crippen LogP contribution in [0.5, 0.6) is 0 Å². The number of carboxylic acid groups (broad SMARTS) is 1. The first kappa shape index (κ1) is 79.4. The maximum Gasteiger partial charge on any atom is 0.416 e. The highest BCUT2D eigenvalue weighted by molar-refractivity contribution is 5.83. The maximum atomic E-state index is 13.7. The third-order valence-corrected chi connectivity index (χ3v) is 18.5. The van der Waals surface area contributed by atoms with Crippen LogP contribution in [-0.2, 0) is 61.4 Å². The summed E-state index contributed by atoms with van der Waals surface area (Å²) >= 11 is 0. The Morgan fingerprint density at radius 2 is 0.972 bits per heavy atom. The number of anilines is 3. The van der Waals surface area contributed by atoms with E-state index in [0.29, 0.717) is 137 Å². The van der Waals surface area contributed by atoms with E-state index in [1.54, 1.807) is 92.8 Å². The number of benzene rings is 3. The van der Waals surface area contributed by atoms with E-state index in [1.807, 2.05) is 49.0 Å². The summed E-state index contributed by atoms with van der Waals surface area (Å²) < 4.78 is 112. The molecule has 0 radical (unpaired) electrons. The zero-order valence-electron chi connectivity index (χ0n) is 60.0. The van der Waals surface area contributed by atoms with Crippen molar-refractivity contribution in [2.45, 2.75) is 184 Å². The second-order valence-electron chi connectivity index (χ2n) is 27.4. The number of hydrogen-bond acceptors (Lipinski definition) is 19. The van der Waals surface area contributed by atoms with Crippen LogP contribution in [0.25, 0.3) is 67.5 Å². The Bertz CT molecular complexity index is 4580. The standard InChI is InChI=1S/C26H31F3N4O4.C26H29F3N4O3.C25H27FN4O4/c1-15(2)25-32-23(16-7-9-31-21(12-16)30-3)24(17-5-4-6-18(11-17)26(27,28)29)33(25)10-8-19(34)13-20(35)14-22(36)37;1-15(2)25-32-23(16-7-9-31-21(12-16)30-3)24(17-5-4-6-18(11-17)26(27,28)29)33(25)10-8-20-13-19(34)14-22(35)36-20;1-27-20-12-16(6-10-28-20)22-23(15-2-4-17(26)5-3-15)30(24(29-22)25(33)8-9-25)11-7-19-13-18(31)14-21(32)34-19/h4-7,9,11-12,15,19-20,34-35H,8,10,13-14H2,1-3H3,(H,30,31)(H,36,37);4-7,9,11-12,15,19-20,34H,8,10,13-14H2,1-3H3,(H,30,31);2-6,10,12,18-19,31,33H,7-9,11,13-14H2,1H3,(H,27,28)/t2*19-,20-;18-,19-/m111/s1. The van der Waals surface area contributed by atoms with Gasteiger partial charge in [0.2, 0.25) is 0 Å². The molecule has 1 aliphatic carbocycles. The first-order chi connectivity index (χ1) is 50.8. The van der Waals surface area contributed by atoms with Crippen molar-refractivity contribution >= 4 is 35.4 Å². The highest BCUT2D eigenvalue weighted by Crippen LogP contribution is 2.49. The van der Waals surface area contributed by atoms with Crippen LogP contribution >= 0.6 is 0 Å². The van der Waals surface area contributed by atoms with Crippen molar-refractivity contribution < 1.29 is 85.2 Å². The number of pyridine rings is 3. The van der Waals surface area contributed by atoms with Crippen LogP contribution in [0.4, 0.5) is 48.2 Å². The SMILES string of the molecule is CNc1cc(-c2nc(C(C)C)n(CC[C@@H](O)C[C@@H](O)CC(=O)O)c2-c2cccc(C(F)(F)F)c2)ccn1.CNc1cc(-c2nc(C(C)C)n(CC[C@@H]3C[C@@H](O)CC(=O)O3)c2-c2cccc(C(F)(F)F)c2)ccn1.CNc1cc(-c2nc(C3(O)CC3)n(CC[C@@H]3C[C@@H](O)CC(=O)O3)c2-c2ccc(F)cc2)ccn1. The van der Waals surface area contributed by atoms with Gasteiger partial charge in [0.15, 0.2) is 0 Å².